The summed E-state index contributed by atoms with van der Waals surface area (Å²) in [5, 5.41) is 2.22. The van der Waals surface area contributed by atoms with Crippen LogP contribution in [0.2, 0.25) is 0 Å². The summed E-state index contributed by atoms with van der Waals surface area (Å²) in [4.78, 5) is 1.38. The smallest absolute Gasteiger partial charge is 0.205 e. The minimum atomic E-state index is 0.0297. The third kappa shape index (κ3) is 8.05. The zero-order valence-corrected chi connectivity index (χ0v) is 27.0. The number of aryl methyl sites for hydroxylation is 2. The Kier molecular flexibility index (Phi) is 12.3. The molecule has 0 unspecified atom stereocenters. The monoisotopic (exact) mass is 560 g/mol. The van der Waals surface area contributed by atoms with E-state index in [4.69, 9.17) is 0 Å². The van der Waals surface area contributed by atoms with Crippen molar-refractivity contribution < 1.29 is 9.13 Å². The molecule has 40 heavy (non-hydrogen) atoms. The van der Waals surface area contributed by atoms with Gasteiger partial charge >= 0.3 is 0 Å². The van der Waals surface area contributed by atoms with E-state index in [1.165, 1.54) is 136 Å². The molecular weight excluding hydrogens is 504 g/mol. The summed E-state index contributed by atoms with van der Waals surface area (Å²) in [6.45, 7) is 11.7. The van der Waals surface area contributed by atoms with Crippen molar-refractivity contribution in [1.29, 1.82) is 0 Å². The number of fused-ring (bicyclic) bond motifs is 3. The second-order valence-electron chi connectivity index (χ2n) is 12.7. The quantitative estimate of drug-likeness (QED) is 0.102. The van der Waals surface area contributed by atoms with Gasteiger partial charge in [0.05, 0.1) is 4.88 Å². The Morgan fingerprint density at radius 2 is 1.23 bits per heavy atom. The molecular formula is C37H56N2S+2. The molecule has 1 aliphatic carbocycles. The molecule has 3 aromatic rings. The number of aromatic nitrogens is 2. The molecule has 2 nitrogen and oxygen atoms in total. The summed E-state index contributed by atoms with van der Waals surface area (Å²) in [5.41, 5.74) is 7.27. The van der Waals surface area contributed by atoms with Crippen LogP contribution in [-0.4, -0.2) is 0 Å². The molecule has 0 saturated carbocycles. The van der Waals surface area contributed by atoms with Crippen LogP contribution in [0.1, 0.15) is 142 Å². The molecule has 0 atom stereocenters. The standard InChI is InChI=1S/C37H56N2S/c1-5-7-9-11-13-15-17-19-24-38-26-23-31-32-28-35(36-22-21-27-40-36)39(25-20-18-16-14-12-10-8-6-2)30-34(32)37(3,4)33(31)29-38/h21-23,26-30H,5-20,24-25H2,1-4H3/q+2. The predicted molar refractivity (Wildman–Crippen MR) is 173 cm³/mol. The molecule has 0 bridgehead atoms. The van der Waals surface area contributed by atoms with Gasteiger partial charge in [0.2, 0.25) is 5.69 Å². The molecule has 0 N–H and O–H groups in total. The number of unbranched alkanes of at least 4 members (excludes halogenated alkanes) is 14. The van der Waals surface area contributed by atoms with Crippen LogP contribution in [0.3, 0.4) is 0 Å². The first-order valence-electron chi connectivity index (χ1n) is 16.7. The number of pyridine rings is 2. The summed E-state index contributed by atoms with van der Waals surface area (Å²) < 4.78 is 5.03. The van der Waals surface area contributed by atoms with Crippen molar-refractivity contribution in [3.63, 3.8) is 0 Å². The van der Waals surface area contributed by atoms with E-state index < -0.39 is 0 Å². The molecule has 218 valence electrons. The number of nitrogens with zero attached hydrogens (tertiary/aromatic N) is 2. The molecule has 1 aliphatic rings. The molecule has 0 fully saturated rings. The van der Waals surface area contributed by atoms with E-state index >= 15 is 0 Å². The minimum Gasteiger partial charge on any atom is -0.205 e. The van der Waals surface area contributed by atoms with Crippen LogP contribution < -0.4 is 9.13 Å². The van der Waals surface area contributed by atoms with Gasteiger partial charge in [-0.25, -0.2) is 4.57 Å². The maximum Gasteiger partial charge on any atom is 0.223 e. The summed E-state index contributed by atoms with van der Waals surface area (Å²) in [5.74, 6) is 0. The Bertz CT molecular complexity index is 1160. The van der Waals surface area contributed by atoms with Crippen molar-refractivity contribution in [3.8, 4) is 21.7 Å². The summed E-state index contributed by atoms with van der Waals surface area (Å²) >= 11 is 1.87. The maximum atomic E-state index is 2.57. The molecule has 0 saturated heterocycles. The SMILES string of the molecule is CCCCCCCCCC[n+]1ccc2c(c1)C(C)(C)c1c[n+](CCCCCCCCCC)c(-c3cccs3)cc1-2. The van der Waals surface area contributed by atoms with Gasteiger partial charge in [0.1, 0.15) is 13.1 Å². The summed E-state index contributed by atoms with van der Waals surface area (Å²) in [7, 11) is 0. The lowest BCUT2D eigenvalue weighted by Crippen LogP contribution is -2.38. The Labute approximate surface area is 249 Å². The highest BCUT2D eigenvalue weighted by molar-refractivity contribution is 7.13. The van der Waals surface area contributed by atoms with Crippen LogP contribution in [0, 0.1) is 0 Å². The molecule has 0 spiro atoms. The largest absolute Gasteiger partial charge is 0.223 e. The van der Waals surface area contributed by atoms with Gasteiger partial charge in [-0.15, -0.1) is 11.3 Å². The second kappa shape index (κ2) is 15.9. The molecule has 4 rings (SSSR count). The van der Waals surface area contributed by atoms with E-state index in [0.29, 0.717) is 0 Å². The van der Waals surface area contributed by atoms with Crippen LogP contribution in [0.4, 0.5) is 0 Å². The third-order valence-corrected chi connectivity index (χ3v) is 10.0. The van der Waals surface area contributed by atoms with E-state index in [2.05, 4.69) is 85.1 Å². The van der Waals surface area contributed by atoms with Crippen molar-refractivity contribution >= 4 is 11.3 Å². The van der Waals surface area contributed by atoms with E-state index in [1.807, 2.05) is 11.3 Å². The molecule has 0 radical (unpaired) electrons. The Morgan fingerprint density at radius 1 is 0.650 bits per heavy atom. The fraction of sp³-hybridized carbons (Fsp3) is 0.622. The highest BCUT2D eigenvalue weighted by atomic mass is 32.1. The van der Waals surface area contributed by atoms with Crippen molar-refractivity contribution in [1.82, 2.24) is 0 Å². The Morgan fingerprint density at radius 3 is 1.82 bits per heavy atom. The number of hydrogen-bond acceptors (Lipinski definition) is 1. The van der Waals surface area contributed by atoms with E-state index in [-0.39, 0.29) is 5.41 Å². The fourth-order valence-corrected chi connectivity index (χ4v) is 7.29. The van der Waals surface area contributed by atoms with Gasteiger partial charge in [0, 0.05) is 41.5 Å². The van der Waals surface area contributed by atoms with Crippen molar-refractivity contribution in [2.75, 3.05) is 0 Å². The van der Waals surface area contributed by atoms with Gasteiger partial charge in [-0.3, -0.25) is 0 Å². The van der Waals surface area contributed by atoms with Gasteiger partial charge < -0.3 is 0 Å². The fourth-order valence-electron chi connectivity index (χ4n) is 6.53. The zero-order chi connectivity index (χ0) is 28.2. The minimum absolute atomic E-state index is 0.0297. The van der Waals surface area contributed by atoms with Gasteiger partial charge in [-0.05, 0) is 35.4 Å². The topological polar surface area (TPSA) is 7.76 Å². The number of thiophene rings is 1. The Balaban J connectivity index is 1.43. The van der Waals surface area contributed by atoms with Crippen molar-refractivity contribution in [2.45, 2.75) is 149 Å². The number of hydrogen-bond donors (Lipinski definition) is 0. The highest BCUT2D eigenvalue weighted by Gasteiger charge is 2.41. The average Bonchev–Trinajstić information content (AvgIpc) is 3.57. The van der Waals surface area contributed by atoms with Gasteiger partial charge in [-0.2, -0.15) is 4.57 Å². The third-order valence-electron chi connectivity index (χ3n) is 9.12. The maximum absolute atomic E-state index is 2.57. The molecule has 3 heteroatoms. The Hall–Kier alpha value is -2.00. The van der Waals surface area contributed by atoms with Gasteiger partial charge in [-0.1, -0.05) is 111 Å². The zero-order valence-electron chi connectivity index (χ0n) is 26.1. The molecule has 0 amide bonds. The lowest BCUT2D eigenvalue weighted by molar-refractivity contribution is -0.697. The molecule has 3 aromatic heterocycles. The number of rotatable bonds is 19. The first-order chi connectivity index (χ1) is 19.6. The van der Waals surface area contributed by atoms with Crippen LogP contribution in [0.5, 0.6) is 0 Å². The second-order valence-corrected chi connectivity index (χ2v) is 13.7. The normalized spacial score (nSPS) is 13.5. The van der Waals surface area contributed by atoms with Crippen LogP contribution in [-0.2, 0) is 18.5 Å². The van der Waals surface area contributed by atoms with Crippen molar-refractivity contribution in [2.24, 2.45) is 0 Å². The van der Waals surface area contributed by atoms with E-state index in [0.717, 1.165) is 13.1 Å². The van der Waals surface area contributed by atoms with Crippen LogP contribution in [0.15, 0.2) is 48.2 Å². The molecule has 0 aromatic carbocycles. The molecule has 3 heterocycles. The van der Waals surface area contributed by atoms with Crippen LogP contribution in [0.25, 0.3) is 21.7 Å². The highest BCUT2D eigenvalue weighted by Crippen LogP contribution is 2.48. The lowest BCUT2D eigenvalue weighted by atomic mass is 9.83. The van der Waals surface area contributed by atoms with Crippen LogP contribution >= 0.6 is 11.3 Å². The van der Waals surface area contributed by atoms with Gasteiger partial charge in [0.25, 0.3) is 0 Å². The first kappa shape index (κ1) is 30.9. The molecule has 0 aliphatic heterocycles. The summed E-state index contributed by atoms with van der Waals surface area (Å²) in [6, 6.07) is 9.39. The average molecular weight is 561 g/mol. The lowest BCUT2D eigenvalue weighted by Gasteiger charge is -2.19. The predicted octanol–water partition coefficient (Wildman–Crippen LogP) is 10.6. The van der Waals surface area contributed by atoms with E-state index in [1.54, 1.807) is 0 Å². The van der Waals surface area contributed by atoms with Gasteiger partial charge in [0.15, 0.2) is 18.6 Å². The first-order valence-corrected chi connectivity index (χ1v) is 17.6. The van der Waals surface area contributed by atoms with Crippen molar-refractivity contribution in [3.05, 3.63) is 59.4 Å². The van der Waals surface area contributed by atoms with E-state index in [9.17, 15) is 0 Å². The summed E-state index contributed by atoms with van der Waals surface area (Å²) in [6.07, 6.45) is 29.2.